The predicted molar refractivity (Wildman–Crippen MR) is 81.3 cm³/mol. The van der Waals surface area contributed by atoms with Crippen molar-refractivity contribution in [2.45, 2.75) is 13.8 Å². The van der Waals surface area contributed by atoms with Crippen LogP contribution in [0, 0.1) is 13.8 Å². The second-order valence-corrected chi connectivity index (χ2v) is 5.42. The first kappa shape index (κ1) is 13.6. The average molecular weight is 302 g/mol. The normalized spacial score (nSPS) is 10.8. The summed E-state index contributed by atoms with van der Waals surface area (Å²) in [6.07, 6.45) is 0. The highest BCUT2D eigenvalue weighted by molar-refractivity contribution is 7.10. The lowest BCUT2D eigenvalue weighted by Gasteiger charge is -2.04. The van der Waals surface area contributed by atoms with Gasteiger partial charge in [0.05, 0.1) is 18.4 Å². The molecule has 2 N–H and O–H groups in total. The third-order valence-electron chi connectivity index (χ3n) is 3.18. The van der Waals surface area contributed by atoms with Crippen LogP contribution in [-0.2, 0) is 0 Å². The SMILES string of the molecule is COc1ccc(-c2noc(-c3c(C)nsc3N)n2)cc1C. The first-order valence-electron chi connectivity index (χ1n) is 6.31. The van der Waals surface area contributed by atoms with Crippen molar-refractivity contribution in [3.8, 4) is 28.6 Å². The summed E-state index contributed by atoms with van der Waals surface area (Å²) in [5.41, 5.74) is 9.27. The van der Waals surface area contributed by atoms with Crippen LogP contribution >= 0.6 is 11.5 Å². The molecule has 1 aromatic carbocycles. The van der Waals surface area contributed by atoms with Gasteiger partial charge in [-0.3, -0.25) is 0 Å². The number of methoxy groups -OCH3 is 1. The van der Waals surface area contributed by atoms with Gasteiger partial charge in [0.25, 0.3) is 5.89 Å². The predicted octanol–water partition coefficient (Wildman–Crippen LogP) is 3.07. The number of aryl methyl sites for hydroxylation is 2. The number of rotatable bonds is 3. The molecule has 0 atom stereocenters. The third-order valence-corrected chi connectivity index (χ3v) is 3.95. The molecule has 0 radical (unpaired) electrons. The maximum Gasteiger partial charge on any atom is 0.263 e. The van der Waals surface area contributed by atoms with Gasteiger partial charge in [0.1, 0.15) is 10.8 Å². The molecule has 0 fully saturated rings. The number of ether oxygens (including phenoxy) is 1. The topological polar surface area (TPSA) is 87.1 Å². The van der Waals surface area contributed by atoms with Gasteiger partial charge in [0, 0.05) is 5.56 Å². The van der Waals surface area contributed by atoms with Crippen LogP contribution in [0.4, 0.5) is 5.00 Å². The number of hydrogen-bond acceptors (Lipinski definition) is 7. The summed E-state index contributed by atoms with van der Waals surface area (Å²) in [7, 11) is 1.64. The average Bonchev–Trinajstić information content (AvgIpc) is 3.06. The number of benzene rings is 1. The van der Waals surface area contributed by atoms with Gasteiger partial charge in [0.2, 0.25) is 5.82 Å². The van der Waals surface area contributed by atoms with Crippen LogP contribution in [0.1, 0.15) is 11.3 Å². The molecular weight excluding hydrogens is 288 g/mol. The van der Waals surface area contributed by atoms with Crippen molar-refractivity contribution >= 4 is 16.5 Å². The molecule has 3 rings (SSSR count). The highest BCUT2D eigenvalue weighted by Crippen LogP contribution is 2.32. The van der Waals surface area contributed by atoms with Gasteiger partial charge in [-0.1, -0.05) is 5.16 Å². The standard InChI is InChI=1S/C14H14N4O2S/c1-7-6-9(4-5-10(7)19-3)13-16-14(20-17-13)11-8(2)18-21-12(11)15/h4-6H,15H2,1-3H3. The second-order valence-electron chi connectivity index (χ2n) is 4.61. The monoisotopic (exact) mass is 302 g/mol. The van der Waals surface area contributed by atoms with Crippen molar-refractivity contribution in [3.05, 3.63) is 29.5 Å². The van der Waals surface area contributed by atoms with E-state index < -0.39 is 0 Å². The molecule has 108 valence electrons. The van der Waals surface area contributed by atoms with Gasteiger partial charge in [-0.2, -0.15) is 9.36 Å². The van der Waals surface area contributed by atoms with Crippen LogP contribution in [0.25, 0.3) is 22.8 Å². The molecule has 7 heteroatoms. The summed E-state index contributed by atoms with van der Waals surface area (Å²) < 4.78 is 14.7. The summed E-state index contributed by atoms with van der Waals surface area (Å²) >= 11 is 1.22. The Labute approximate surface area is 125 Å². The minimum Gasteiger partial charge on any atom is -0.496 e. The van der Waals surface area contributed by atoms with Crippen LogP contribution in [0.3, 0.4) is 0 Å². The Bertz CT molecular complexity index is 775. The van der Waals surface area contributed by atoms with Crippen molar-refractivity contribution < 1.29 is 9.26 Å². The number of hydrogen-bond donors (Lipinski definition) is 1. The molecule has 0 amide bonds. The first-order valence-corrected chi connectivity index (χ1v) is 7.08. The van der Waals surface area contributed by atoms with Crippen molar-refractivity contribution in [2.24, 2.45) is 0 Å². The number of anilines is 1. The van der Waals surface area contributed by atoms with Crippen LogP contribution < -0.4 is 10.5 Å². The fourth-order valence-electron chi connectivity index (χ4n) is 2.11. The Hall–Kier alpha value is -2.41. The Morgan fingerprint density at radius 2 is 2.10 bits per heavy atom. The van der Waals surface area contributed by atoms with Gasteiger partial charge < -0.3 is 15.0 Å². The highest BCUT2D eigenvalue weighted by Gasteiger charge is 2.18. The van der Waals surface area contributed by atoms with Gasteiger partial charge in [0.15, 0.2) is 0 Å². The Morgan fingerprint density at radius 1 is 1.29 bits per heavy atom. The van der Waals surface area contributed by atoms with E-state index in [1.54, 1.807) is 7.11 Å². The first-order chi connectivity index (χ1) is 10.1. The van der Waals surface area contributed by atoms with Gasteiger partial charge in [-0.05, 0) is 49.1 Å². The summed E-state index contributed by atoms with van der Waals surface area (Å²) in [6.45, 7) is 3.83. The summed E-state index contributed by atoms with van der Waals surface area (Å²) in [4.78, 5) is 4.41. The fraction of sp³-hybridized carbons (Fsp3) is 0.214. The van der Waals surface area contributed by atoms with Crippen molar-refractivity contribution in [1.82, 2.24) is 14.5 Å². The van der Waals surface area contributed by atoms with Crippen molar-refractivity contribution in [1.29, 1.82) is 0 Å². The largest absolute Gasteiger partial charge is 0.496 e. The smallest absolute Gasteiger partial charge is 0.263 e. The van der Waals surface area contributed by atoms with E-state index in [4.69, 9.17) is 15.0 Å². The maximum absolute atomic E-state index is 5.90. The van der Waals surface area contributed by atoms with E-state index >= 15 is 0 Å². The lowest BCUT2D eigenvalue weighted by atomic mass is 10.1. The van der Waals surface area contributed by atoms with Gasteiger partial charge in [-0.25, -0.2) is 0 Å². The van der Waals surface area contributed by atoms with E-state index in [0.29, 0.717) is 22.3 Å². The molecule has 0 unspecified atom stereocenters. The van der Waals surface area contributed by atoms with E-state index in [9.17, 15) is 0 Å². The highest BCUT2D eigenvalue weighted by atomic mass is 32.1. The lowest BCUT2D eigenvalue weighted by Crippen LogP contribution is -1.89. The fourth-order valence-corrected chi connectivity index (χ4v) is 2.76. The number of nitrogen functional groups attached to an aromatic ring is 1. The van der Waals surface area contributed by atoms with E-state index in [1.165, 1.54) is 11.5 Å². The van der Waals surface area contributed by atoms with Crippen LogP contribution in [0.5, 0.6) is 5.75 Å². The van der Waals surface area contributed by atoms with Crippen LogP contribution in [-0.4, -0.2) is 21.6 Å². The molecule has 0 aliphatic carbocycles. The zero-order chi connectivity index (χ0) is 15.0. The third kappa shape index (κ3) is 2.36. The van der Waals surface area contributed by atoms with Crippen LogP contribution in [0.15, 0.2) is 22.7 Å². The van der Waals surface area contributed by atoms with Crippen molar-refractivity contribution in [2.75, 3.05) is 12.8 Å². The molecule has 0 aliphatic heterocycles. The molecule has 0 aliphatic rings. The Balaban J connectivity index is 2.01. The Morgan fingerprint density at radius 3 is 2.71 bits per heavy atom. The summed E-state index contributed by atoms with van der Waals surface area (Å²) in [5.74, 6) is 1.73. The molecule has 0 saturated carbocycles. The Kier molecular flexibility index (Phi) is 3.34. The quantitative estimate of drug-likeness (QED) is 0.800. The van der Waals surface area contributed by atoms with E-state index in [-0.39, 0.29) is 0 Å². The van der Waals surface area contributed by atoms with Crippen LogP contribution in [0.2, 0.25) is 0 Å². The zero-order valence-electron chi connectivity index (χ0n) is 11.9. The molecule has 0 bridgehead atoms. The summed E-state index contributed by atoms with van der Waals surface area (Å²) in [5, 5.41) is 4.59. The molecule has 3 aromatic rings. The maximum atomic E-state index is 5.90. The number of aromatic nitrogens is 3. The molecule has 6 nitrogen and oxygen atoms in total. The van der Waals surface area contributed by atoms with Gasteiger partial charge in [-0.15, -0.1) is 0 Å². The second kappa shape index (κ2) is 5.17. The number of nitrogens with zero attached hydrogens (tertiary/aromatic N) is 3. The van der Waals surface area contributed by atoms with E-state index in [2.05, 4.69) is 14.5 Å². The summed E-state index contributed by atoms with van der Waals surface area (Å²) in [6, 6.07) is 5.73. The molecule has 2 heterocycles. The van der Waals surface area contributed by atoms with Crippen molar-refractivity contribution in [3.63, 3.8) is 0 Å². The van der Waals surface area contributed by atoms with Gasteiger partial charge >= 0.3 is 0 Å². The molecule has 0 saturated heterocycles. The minimum atomic E-state index is 0.391. The lowest BCUT2D eigenvalue weighted by molar-refractivity contribution is 0.411. The molecule has 0 spiro atoms. The molecule has 21 heavy (non-hydrogen) atoms. The molecule has 2 aromatic heterocycles. The van der Waals surface area contributed by atoms with E-state index in [1.807, 2.05) is 32.0 Å². The number of nitrogens with two attached hydrogens (primary N) is 1. The van der Waals surface area contributed by atoms with E-state index in [0.717, 1.165) is 22.6 Å². The molecular formula is C14H14N4O2S. The minimum absolute atomic E-state index is 0.391. The zero-order valence-corrected chi connectivity index (χ0v) is 12.7.